The third-order valence-electron chi connectivity index (χ3n) is 5.57. The van der Waals surface area contributed by atoms with E-state index in [-0.39, 0.29) is 19.2 Å². The number of thiophene rings is 1. The van der Waals surface area contributed by atoms with Crippen molar-refractivity contribution in [1.82, 2.24) is 20.4 Å². The Labute approximate surface area is 165 Å². The number of nitrogens with zero attached hydrogens (tertiary/aromatic N) is 3. The van der Waals surface area contributed by atoms with Crippen LogP contribution in [0.2, 0.25) is 0 Å². The van der Waals surface area contributed by atoms with E-state index in [1.807, 2.05) is 17.5 Å². The highest BCUT2D eigenvalue weighted by Crippen LogP contribution is 2.37. The lowest BCUT2D eigenvalue weighted by molar-refractivity contribution is -0.136. The van der Waals surface area contributed by atoms with E-state index >= 15 is 0 Å². The molecule has 2 aromatic rings. The Bertz CT molecular complexity index is 930. The number of carbonyl (C=O) groups is 2. The quantitative estimate of drug-likeness (QED) is 0.791. The fourth-order valence-corrected chi connectivity index (χ4v) is 4.93. The van der Waals surface area contributed by atoms with Crippen molar-refractivity contribution in [2.45, 2.75) is 50.6 Å². The molecule has 1 N–H and O–H groups in total. The first-order chi connectivity index (χ1) is 13.7. The monoisotopic (exact) mass is 400 g/mol. The molecule has 2 aromatic heterocycles. The molecule has 2 amide bonds. The van der Waals surface area contributed by atoms with Crippen LogP contribution in [0.25, 0.3) is 0 Å². The Morgan fingerprint density at radius 3 is 2.89 bits per heavy atom. The Morgan fingerprint density at radius 2 is 2.11 bits per heavy atom. The van der Waals surface area contributed by atoms with Crippen molar-refractivity contribution in [3.8, 4) is 0 Å². The van der Waals surface area contributed by atoms with Crippen molar-refractivity contribution in [1.29, 1.82) is 0 Å². The van der Waals surface area contributed by atoms with Gasteiger partial charge in [-0.1, -0.05) is 30.5 Å². The fourth-order valence-electron chi connectivity index (χ4n) is 4.14. The third kappa shape index (κ3) is 2.99. The average Bonchev–Trinajstić information content (AvgIpc) is 3.46. The molecule has 0 radical (unpaired) electrons. The largest absolute Gasteiger partial charge is 0.456 e. The fraction of sp³-hybridized carbons (Fsp3) is 0.474. The molecular formula is C19H20N4O4S. The first-order valence-electron chi connectivity index (χ1n) is 9.55. The summed E-state index contributed by atoms with van der Waals surface area (Å²) in [5.74, 6) is 1.02. The number of aromatic nitrogens is 2. The summed E-state index contributed by atoms with van der Waals surface area (Å²) < 4.78 is 10.7. The SMILES string of the molecule is O=C1OCC2=C1[C@@H](c1cccs1)NC(=O)N2Cc1nc(C2CCCCC2)no1. The number of carbonyl (C=O) groups excluding carboxylic acids is 2. The van der Waals surface area contributed by atoms with Gasteiger partial charge in [0.15, 0.2) is 5.82 Å². The number of amides is 2. The normalized spacial score (nSPS) is 23.0. The van der Waals surface area contributed by atoms with Crippen LogP contribution in [-0.4, -0.2) is 33.6 Å². The van der Waals surface area contributed by atoms with Gasteiger partial charge in [0.2, 0.25) is 5.89 Å². The number of urea groups is 1. The van der Waals surface area contributed by atoms with Crippen LogP contribution in [0.4, 0.5) is 4.79 Å². The molecule has 146 valence electrons. The van der Waals surface area contributed by atoms with Crippen molar-refractivity contribution < 1.29 is 18.8 Å². The molecule has 0 aromatic carbocycles. The van der Waals surface area contributed by atoms with Gasteiger partial charge in [0.25, 0.3) is 0 Å². The van der Waals surface area contributed by atoms with Gasteiger partial charge < -0.3 is 14.6 Å². The van der Waals surface area contributed by atoms with Crippen LogP contribution in [-0.2, 0) is 16.1 Å². The Kier molecular flexibility index (Phi) is 4.38. The predicted octanol–water partition coefficient (Wildman–Crippen LogP) is 3.26. The van der Waals surface area contributed by atoms with Gasteiger partial charge in [0.1, 0.15) is 13.2 Å². The van der Waals surface area contributed by atoms with E-state index in [2.05, 4.69) is 15.5 Å². The molecule has 3 aliphatic rings. The number of rotatable bonds is 4. The second-order valence-electron chi connectivity index (χ2n) is 7.30. The minimum absolute atomic E-state index is 0.0765. The Hall–Kier alpha value is -2.68. The summed E-state index contributed by atoms with van der Waals surface area (Å²) in [5.41, 5.74) is 1.05. The molecular weight excluding hydrogens is 380 g/mol. The average molecular weight is 400 g/mol. The molecule has 4 heterocycles. The van der Waals surface area contributed by atoms with E-state index in [0.29, 0.717) is 23.1 Å². The van der Waals surface area contributed by atoms with Crippen LogP contribution < -0.4 is 5.32 Å². The highest BCUT2D eigenvalue weighted by Gasteiger charge is 2.43. The molecule has 0 bridgehead atoms. The van der Waals surface area contributed by atoms with Crippen LogP contribution in [0.1, 0.15) is 60.7 Å². The molecule has 1 saturated carbocycles. The molecule has 0 spiro atoms. The van der Waals surface area contributed by atoms with Crippen molar-refractivity contribution >= 4 is 23.3 Å². The summed E-state index contributed by atoms with van der Waals surface area (Å²) in [6.07, 6.45) is 5.77. The van der Waals surface area contributed by atoms with Crippen LogP contribution in [0.15, 0.2) is 33.3 Å². The van der Waals surface area contributed by atoms with E-state index in [1.54, 1.807) is 0 Å². The number of cyclic esters (lactones) is 1. The molecule has 5 rings (SSSR count). The lowest BCUT2D eigenvalue weighted by Crippen LogP contribution is -2.46. The molecule has 9 heteroatoms. The zero-order valence-corrected chi connectivity index (χ0v) is 16.0. The maximum atomic E-state index is 12.8. The first kappa shape index (κ1) is 17.4. The second-order valence-corrected chi connectivity index (χ2v) is 8.28. The van der Waals surface area contributed by atoms with Crippen molar-refractivity contribution in [2.75, 3.05) is 6.61 Å². The predicted molar refractivity (Wildman–Crippen MR) is 99.2 cm³/mol. The Balaban J connectivity index is 1.41. The lowest BCUT2D eigenvalue weighted by atomic mass is 9.89. The van der Waals surface area contributed by atoms with Crippen LogP contribution in [0.3, 0.4) is 0 Å². The molecule has 1 atom stereocenters. The number of hydrogen-bond donors (Lipinski definition) is 1. The molecule has 1 fully saturated rings. The second kappa shape index (κ2) is 7.05. The van der Waals surface area contributed by atoms with Gasteiger partial charge in [-0.25, -0.2) is 9.59 Å². The van der Waals surface area contributed by atoms with Crippen molar-refractivity contribution in [3.63, 3.8) is 0 Å². The molecule has 0 saturated heterocycles. The zero-order valence-electron chi connectivity index (χ0n) is 15.2. The van der Waals surface area contributed by atoms with E-state index in [4.69, 9.17) is 9.26 Å². The van der Waals surface area contributed by atoms with Gasteiger partial charge >= 0.3 is 12.0 Å². The lowest BCUT2D eigenvalue weighted by Gasteiger charge is -2.31. The Morgan fingerprint density at radius 1 is 1.25 bits per heavy atom. The van der Waals surface area contributed by atoms with Crippen LogP contribution >= 0.6 is 11.3 Å². The number of ether oxygens (including phenoxy) is 1. The molecule has 2 aliphatic heterocycles. The van der Waals surface area contributed by atoms with E-state index < -0.39 is 12.0 Å². The topological polar surface area (TPSA) is 97.6 Å². The molecule has 8 nitrogen and oxygen atoms in total. The number of hydrogen-bond acceptors (Lipinski definition) is 7. The maximum Gasteiger partial charge on any atom is 0.338 e. The molecule has 28 heavy (non-hydrogen) atoms. The first-order valence-corrected chi connectivity index (χ1v) is 10.4. The minimum atomic E-state index is -0.478. The van der Waals surface area contributed by atoms with Crippen LogP contribution in [0.5, 0.6) is 0 Å². The summed E-state index contributed by atoms with van der Waals surface area (Å²) in [5, 5.41) is 8.96. The molecule has 1 aliphatic carbocycles. The van der Waals surface area contributed by atoms with E-state index in [0.717, 1.165) is 23.5 Å². The minimum Gasteiger partial charge on any atom is -0.456 e. The van der Waals surface area contributed by atoms with E-state index in [1.165, 1.54) is 35.5 Å². The number of esters is 1. The van der Waals surface area contributed by atoms with Crippen molar-refractivity contribution in [3.05, 3.63) is 45.4 Å². The highest BCUT2D eigenvalue weighted by atomic mass is 32.1. The van der Waals surface area contributed by atoms with Gasteiger partial charge in [-0.15, -0.1) is 11.3 Å². The van der Waals surface area contributed by atoms with Gasteiger partial charge in [-0.05, 0) is 24.3 Å². The summed E-state index contributed by atoms with van der Waals surface area (Å²) in [6.45, 7) is 0.200. The maximum absolute atomic E-state index is 12.8. The van der Waals surface area contributed by atoms with Gasteiger partial charge in [0.05, 0.1) is 17.3 Å². The zero-order chi connectivity index (χ0) is 19.1. The standard InChI is InChI=1S/C19H20N4O4S/c24-18-15-12(10-26-18)23(19(25)21-16(15)13-7-4-8-28-13)9-14-20-17(22-27-14)11-5-2-1-3-6-11/h4,7-8,11,16H,1-3,5-6,9-10H2,(H,21,25)/t16-/m1/s1. The van der Waals surface area contributed by atoms with Gasteiger partial charge in [-0.3, -0.25) is 4.90 Å². The van der Waals surface area contributed by atoms with Gasteiger partial charge in [0, 0.05) is 10.8 Å². The summed E-state index contributed by atoms with van der Waals surface area (Å²) in [4.78, 5) is 32.0. The number of nitrogens with one attached hydrogen (secondary N) is 1. The smallest absolute Gasteiger partial charge is 0.338 e. The van der Waals surface area contributed by atoms with Crippen molar-refractivity contribution in [2.24, 2.45) is 0 Å². The van der Waals surface area contributed by atoms with E-state index in [9.17, 15) is 9.59 Å². The summed E-state index contributed by atoms with van der Waals surface area (Å²) in [6, 6.07) is 3.02. The van der Waals surface area contributed by atoms with Gasteiger partial charge in [-0.2, -0.15) is 4.98 Å². The third-order valence-corrected chi connectivity index (χ3v) is 6.51. The summed E-state index contributed by atoms with van der Waals surface area (Å²) >= 11 is 1.49. The highest BCUT2D eigenvalue weighted by molar-refractivity contribution is 7.10. The summed E-state index contributed by atoms with van der Waals surface area (Å²) in [7, 11) is 0. The molecule has 0 unspecified atom stereocenters. The van der Waals surface area contributed by atoms with Crippen LogP contribution in [0, 0.1) is 0 Å².